The van der Waals surface area contributed by atoms with Gasteiger partial charge in [-0.15, -0.1) is 0 Å². The molecule has 6 aromatic carbocycles. The number of aromatic nitrogens is 2. The van der Waals surface area contributed by atoms with Crippen LogP contribution in [0.2, 0.25) is 0 Å². The molecule has 0 spiro atoms. The van der Waals surface area contributed by atoms with Crippen molar-refractivity contribution in [2.24, 2.45) is 10.8 Å². The Balaban J connectivity index is 1.25. The van der Waals surface area contributed by atoms with Crippen LogP contribution >= 0.6 is 0 Å². The first-order valence-electron chi connectivity index (χ1n) is 26.1. The normalized spacial score (nSPS) is 14.3. The van der Waals surface area contributed by atoms with Crippen molar-refractivity contribution in [2.45, 2.75) is 139 Å². The maximum Gasteiger partial charge on any atom is 0.137 e. The number of fused-ring (bicyclic) bond motifs is 3. The van der Waals surface area contributed by atoms with E-state index in [9.17, 15) is 0 Å². The summed E-state index contributed by atoms with van der Waals surface area (Å²) in [6.07, 6.45) is 1.95. The van der Waals surface area contributed by atoms with Gasteiger partial charge in [0, 0.05) is 68.1 Å². The highest BCUT2D eigenvalue weighted by Crippen LogP contribution is 2.51. The molecule has 0 amide bonds. The van der Waals surface area contributed by atoms with Gasteiger partial charge in [-0.05, 0) is 104 Å². The summed E-state index contributed by atoms with van der Waals surface area (Å²) in [7, 11) is 0. The molecule has 0 saturated heterocycles. The zero-order valence-electron chi connectivity index (χ0n) is 46.3. The molecule has 0 bridgehead atoms. The molecule has 1 aliphatic rings. The summed E-state index contributed by atoms with van der Waals surface area (Å²) in [5.41, 5.74) is 14.9. The highest BCUT2D eigenvalue weighted by Gasteiger charge is 2.43. The van der Waals surface area contributed by atoms with Crippen LogP contribution in [-0.4, -0.2) is 16.2 Å². The second kappa shape index (κ2) is 17.9. The third kappa shape index (κ3) is 9.60. The lowest BCUT2D eigenvalue weighted by Crippen LogP contribution is -2.32. The van der Waals surface area contributed by atoms with Crippen molar-refractivity contribution in [2.75, 3.05) is 16.5 Å². The van der Waals surface area contributed by atoms with E-state index in [0.29, 0.717) is 6.67 Å². The van der Waals surface area contributed by atoms with E-state index in [-0.39, 0.29) is 32.5 Å². The molecule has 5 nitrogen and oxygen atoms in total. The average Bonchev–Trinajstić information content (AvgIpc) is 3.89. The van der Waals surface area contributed by atoms with Gasteiger partial charge in [0.2, 0.25) is 0 Å². The molecule has 0 unspecified atom stereocenters. The molecule has 0 radical (unpaired) electrons. The predicted octanol–water partition coefficient (Wildman–Crippen LogP) is 18.4. The Morgan fingerprint density at radius 1 is 0.417 bits per heavy atom. The van der Waals surface area contributed by atoms with E-state index in [0.717, 1.165) is 45.2 Å². The van der Waals surface area contributed by atoms with Crippen molar-refractivity contribution in [3.63, 3.8) is 0 Å². The Hall–Kier alpha value is -6.59. The average molecular weight is 955 g/mol. The summed E-state index contributed by atoms with van der Waals surface area (Å²) in [5.74, 6) is 2.47. The van der Waals surface area contributed by atoms with Crippen LogP contribution in [0.3, 0.4) is 0 Å². The van der Waals surface area contributed by atoms with Crippen LogP contribution in [0.1, 0.15) is 146 Å². The third-order valence-electron chi connectivity index (χ3n) is 14.7. The number of pyridine rings is 1. The smallest absolute Gasteiger partial charge is 0.137 e. The number of para-hydroxylation sites is 1. The van der Waals surface area contributed by atoms with Crippen molar-refractivity contribution in [1.29, 1.82) is 0 Å². The molecule has 0 N–H and O–H groups in total. The summed E-state index contributed by atoms with van der Waals surface area (Å²) < 4.78 is 9.67. The molecule has 5 heteroatoms. The second-order valence-corrected chi connectivity index (χ2v) is 26.0. The maximum atomic E-state index is 7.33. The lowest BCUT2D eigenvalue weighted by molar-refractivity contribution is 0.444. The summed E-state index contributed by atoms with van der Waals surface area (Å²) in [5, 5.41) is 2.43. The van der Waals surface area contributed by atoms with Crippen LogP contribution in [-0.2, 0) is 21.7 Å². The number of hydrogen-bond donors (Lipinski definition) is 0. The molecule has 0 saturated carbocycles. The monoisotopic (exact) mass is 955 g/mol. The van der Waals surface area contributed by atoms with Gasteiger partial charge >= 0.3 is 0 Å². The molecule has 0 fully saturated rings. The summed E-state index contributed by atoms with van der Waals surface area (Å²) in [6.45, 7) is 40.3. The van der Waals surface area contributed by atoms with E-state index in [1.54, 1.807) is 0 Å². The van der Waals surface area contributed by atoms with Crippen LogP contribution in [0.4, 0.5) is 11.4 Å². The minimum Gasteiger partial charge on any atom is -0.457 e. The Bertz CT molecular complexity index is 3340. The van der Waals surface area contributed by atoms with E-state index in [2.05, 4.69) is 278 Å². The highest BCUT2D eigenvalue weighted by molar-refractivity contribution is 6.11. The molecule has 1 aliphatic heterocycles. The van der Waals surface area contributed by atoms with Crippen molar-refractivity contribution < 1.29 is 4.74 Å². The summed E-state index contributed by atoms with van der Waals surface area (Å²) in [4.78, 5) is 10.2. The number of allylic oxidation sites excluding steroid dienone is 2. The fourth-order valence-electron chi connectivity index (χ4n) is 10.8. The van der Waals surface area contributed by atoms with Gasteiger partial charge in [0.15, 0.2) is 0 Å². The van der Waals surface area contributed by atoms with Crippen LogP contribution in [0.15, 0.2) is 163 Å². The van der Waals surface area contributed by atoms with Crippen molar-refractivity contribution in [1.82, 2.24) is 9.55 Å². The zero-order valence-corrected chi connectivity index (χ0v) is 46.3. The number of hydrogen-bond acceptors (Lipinski definition) is 4. The Morgan fingerprint density at radius 2 is 0.972 bits per heavy atom. The molecule has 72 heavy (non-hydrogen) atoms. The van der Waals surface area contributed by atoms with Gasteiger partial charge in [0.25, 0.3) is 0 Å². The number of benzene rings is 6. The quantitative estimate of drug-likeness (QED) is 0.152. The predicted molar refractivity (Wildman–Crippen MR) is 307 cm³/mol. The zero-order chi connectivity index (χ0) is 51.9. The Morgan fingerprint density at radius 3 is 1.57 bits per heavy atom. The standard InChI is InChI=1S/C67H78N4O/c1-62(2,3)47-32-33-68-58(39-47)71-56-31-25-24-30-54(56)59-55(64(7,8)9)41-53(42-57(59)71)72-52-35-45(44-26-20-18-21-27-44)34-50(40-52)69-43-70(61(66(13,14)15)60(69)65(10,11)12)51-37-48(63(4,5)6)36-49(38-51)67(16,17)46-28-22-19-23-29-46/h18-42H,43H2,1-17H3. The van der Waals surface area contributed by atoms with Gasteiger partial charge in [-0.3, -0.25) is 4.57 Å². The van der Waals surface area contributed by atoms with Crippen molar-refractivity contribution in [3.8, 4) is 28.4 Å². The number of ether oxygens (including phenoxy) is 1. The van der Waals surface area contributed by atoms with E-state index in [4.69, 9.17) is 9.72 Å². The SMILES string of the molecule is CC(C)(C)C1=C(C(C)(C)C)N(c2cc(C(C)(C)C)cc(C(C)(C)c3ccccc3)c2)CN1c1cc(Oc2cc(C(C)(C)C)c3c4ccccc4n(-c4cc(C(C)(C)C)ccn4)c3c2)cc(-c2ccccc2)c1. The van der Waals surface area contributed by atoms with Gasteiger partial charge in [0.1, 0.15) is 17.3 Å². The molecule has 2 aromatic heterocycles. The minimum atomic E-state index is -0.220. The molecular formula is C67H78N4O. The van der Waals surface area contributed by atoms with Gasteiger partial charge in [-0.25, -0.2) is 4.98 Å². The molecule has 0 atom stereocenters. The largest absolute Gasteiger partial charge is 0.457 e. The number of rotatable bonds is 8. The van der Waals surface area contributed by atoms with E-state index < -0.39 is 0 Å². The molecule has 372 valence electrons. The lowest BCUT2D eigenvalue weighted by atomic mass is 9.75. The van der Waals surface area contributed by atoms with E-state index in [1.807, 2.05) is 6.20 Å². The molecule has 9 rings (SSSR count). The van der Waals surface area contributed by atoms with E-state index >= 15 is 0 Å². The van der Waals surface area contributed by atoms with Gasteiger partial charge in [0.05, 0.1) is 17.7 Å². The van der Waals surface area contributed by atoms with Gasteiger partial charge < -0.3 is 14.5 Å². The molecular weight excluding hydrogens is 877 g/mol. The fraction of sp³-hybridized carbons (Fsp3) is 0.358. The van der Waals surface area contributed by atoms with Crippen LogP contribution in [0.5, 0.6) is 11.5 Å². The minimum absolute atomic E-state index is 0.0382. The molecule has 3 heterocycles. The van der Waals surface area contributed by atoms with Crippen molar-refractivity contribution >= 4 is 33.2 Å². The number of nitrogens with zero attached hydrogens (tertiary/aromatic N) is 4. The Labute approximate surface area is 431 Å². The van der Waals surface area contributed by atoms with E-state index in [1.165, 1.54) is 55.7 Å². The first kappa shape index (κ1) is 50.4. The topological polar surface area (TPSA) is 33.5 Å². The third-order valence-corrected chi connectivity index (χ3v) is 14.7. The molecule has 0 aliphatic carbocycles. The number of anilines is 2. The van der Waals surface area contributed by atoms with Gasteiger partial charge in [-0.1, -0.05) is 203 Å². The summed E-state index contributed by atoms with van der Waals surface area (Å²) >= 11 is 0. The first-order valence-corrected chi connectivity index (χ1v) is 26.1. The van der Waals surface area contributed by atoms with Gasteiger partial charge in [-0.2, -0.15) is 0 Å². The Kier molecular flexibility index (Phi) is 12.5. The second-order valence-electron chi connectivity index (χ2n) is 26.0. The van der Waals surface area contributed by atoms with Crippen LogP contribution in [0, 0.1) is 10.8 Å². The molecule has 8 aromatic rings. The van der Waals surface area contributed by atoms with Crippen LogP contribution < -0.4 is 14.5 Å². The maximum absolute atomic E-state index is 7.33. The highest BCUT2D eigenvalue weighted by atomic mass is 16.5. The van der Waals surface area contributed by atoms with Crippen LogP contribution in [0.25, 0.3) is 38.8 Å². The summed E-state index contributed by atoms with van der Waals surface area (Å²) in [6, 6.07) is 53.6. The fourth-order valence-corrected chi connectivity index (χ4v) is 10.8. The van der Waals surface area contributed by atoms with Crippen molar-refractivity contribution in [3.05, 3.63) is 191 Å². The first-order chi connectivity index (χ1) is 33.6. The lowest BCUT2D eigenvalue weighted by Gasteiger charge is -2.35.